The van der Waals surface area contributed by atoms with E-state index >= 15 is 0 Å². The van der Waals surface area contributed by atoms with Crippen LogP contribution in [0.3, 0.4) is 0 Å². The number of carbonyl (C=O) groups is 1. The Morgan fingerprint density at radius 3 is 2.58 bits per heavy atom. The largest absolute Gasteiger partial charge is 0.394 e. The molecule has 2 fully saturated rings. The van der Waals surface area contributed by atoms with E-state index in [0.29, 0.717) is 11.6 Å². The molecule has 26 heavy (non-hydrogen) atoms. The number of benzene rings is 1. The van der Waals surface area contributed by atoms with Gasteiger partial charge in [0, 0.05) is 12.2 Å². The first-order chi connectivity index (χ1) is 12.6. The van der Waals surface area contributed by atoms with Crippen molar-refractivity contribution in [3.05, 3.63) is 30.3 Å². The number of carbonyl (C=O) groups excluding carboxylic acids is 1. The number of nitrogens with one attached hydrogen (secondary N) is 2. The Morgan fingerprint density at radius 2 is 1.92 bits per heavy atom. The number of rotatable bonds is 5. The van der Waals surface area contributed by atoms with Crippen molar-refractivity contribution >= 4 is 11.7 Å². The molecule has 1 aromatic carbocycles. The zero-order valence-electron chi connectivity index (χ0n) is 15.2. The van der Waals surface area contributed by atoms with Crippen LogP contribution in [0.15, 0.2) is 30.3 Å². The quantitative estimate of drug-likeness (QED) is 0.627. The minimum atomic E-state index is -0.752. The maximum atomic E-state index is 12.1. The maximum absolute atomic E-state index is 12.1. The van der Waals surface area contributed by atoms with Gasteiger partial charge in [-0.25, -0.2) is 4.79 Å². The van der Waals surface area contributed by atoms with Gasteiger partial charge in [-0.2, -0.15) is 0 Å². The molecule has 4 atom stereocenters. The van der Waals surface area contributed by atoms with Crippen LogP contribution in [0.2, 0.25) is 0 Å². The van der Waals surface area contributed by atoms with Crippen molar-refractivity contribution in [3.63, 3.8) is 0 Å². The van der Waals surface area contributed by atoms with Crippen LogP contribution in [0, 0.1) is 5.92 Å². The number of ether oxygens (including phenoxy) is 1. The summed E-state index contributed by atoms with van der Waals surface area (Å²) >= 11 is 0. The first-order valence-corrected chi connectivity index (χ1v) is 9.37. The first kappa shape index (κ1) is 19.1. The lowest BCUT2D eigenvalue weighted by molar-refractivity contribution is -0.0205. The topological polar surface area (TPSA) is 94.1 Å². The van der Waals surface area contributed by atoms with Crippen LogP contribution < -0.4 is 10.6 Å². The van der Waals surface area contributed by atoms with Gasteiger partial charge in [-0.3, -0.25) is 4.90 Å². The van der Waals surface area contributed by atoms with Crippen molar-refractivity contribution in [3.8, 4) is 0 Å². The number of hydrogen-bond donors (Lipinski definition) is 4. The van der Waals surface area contributed by atoms with E-state index in [1.54, 1.807) is 0 Å². The van der Waals surface area contributed by atoms with Gasteiger partial charge < -0.3 is 25.6 Å². The molecule has 4 N–H and O–H groups in total. The minimum Gasteiger partial charge on any atom is -0.394 e. The van der Waals surface area contributed by atoms with E-state index in [1.165, 1.54) is 0 Å². The molecule has 2 aliphatic rings. The number of anilines is 1. The van der Waals surface area contributed by atoms with Gasteiger partial charge in [-0.05, 0) is 44.0 Å². The van der Waals surface area contributed by atoms with Crippen molar-refractivity contribution in [1.29, 1.82) is 0 Å². The molecule has 3 rings (SSSR count). The zero-order valence-corrected chi connectivity index (χ0v) is 15.2. The van der Waals surface area contributed by atoms with Crippen LogP contribution in [0.1, 0.15) is 19.8 Å². The SMILES string of the molecule is CC1CCN([C@H]2[C@H](O)[C@H](CO)O[C@@H]2CNC(=O)Nc2ccccc2)CC1. The summed E-state index contributed by atoms with van der Waals surface area (Å²) in [5.41, 5.74) is 0.715. The number of aliphatic hydroxyl groups excluding tert-OH is 2. The average molecular weight is 363 g/mol. The molecule has 144 valence electrons. The van der Waals surface area contributed by atoms with E-state index in [9.17, 15) is 15.0 Å². The highest BCUT2D eigenvalue weighted by Crippen LogP contribution is 2.29. The molecule has 2 heterocycles. The third kappa shape index (κ3) is 4.54. The fourth-order valence-electron chi connectivity index (χ4n) is 3.81. The Kier molecular flexibility index (Phi) is 6.48. The van der Waals surface area contributed by atoms with Gasteiger partial charge >= 0.3 is 6.03 Å². The van der Waals surface area contributed by atoms with Crippen LogP contribution in [-0.2, 0) is 4.74 Å². The van der Waals surface area contributed by atoms with Gasteiger partial charge in [0.2, 0.25) is 0 Å². The Balaban J connectivity index is 1.58. The highest BCUT2D eigenvalue weighted by atomic mass is 16.5. The van der Waals surface area contributed by atoms with Gasteiger partial charge in [0.1, 0.15) is 12.2 Å². The number of aliphatic hydroxyl groups is 2. The molecule has 0 aliphatic carbocycles. The molecule has 0 bridgehead atoms. The Morgan fingerprint density at radius 1 is 1.23 bits per heavy atom. The highest BCUT2D eigenvalue weighted by Gasteiger charge is 2.46. The van der Waals surface area contributed by atoms with Crippen LogP contribution in [0.25, 0.3) is 0 Å². The lowest BCUT2D eigenvalue weighted by atomic mass is 9.94. The van der Waals surface area contributed by atoms with E-state index < -0.39 is 12.2 Å². The zero-order chi connectivity index (χ0) is 18.5. The summed E-state index contributed by atoms with van der Waals surface area (Å²) in [6.45, 7) is 4.09. The number of amides is 2. The predicted molar refractivity (Wildman–Crippen MR) is 99.0 cm³/mol. The van der Waals surface area contributed by atoms with Gasteiger partial charge in [0.05, 0.1) is 18.8 Å². The van der Waals surface area contributed by atoms with E-state index in [4.69, 9.17) is 4.74 Å². The summed E-state index contributed by atoms with van der Waals surface area (Å²) in [4.78, 5) is 14.4. The highest BCUT2D eigenvalue weighted by molar-refractivity contribution is 5.89. The molecule has 0 radical (unpaired) electrons. The molecule has 0 saturated carbocycles. The second kappa shape index (κ2) is 8.81. The summed E-state index contributed by atoms with van der Waals surface area (Å²) in [6.07, 6.45) is 0.460. The summed E-state index contributed by atoms with van der Waals surface area (Å²) < 4.78 is 5.83. The van der Waals surface area contributed by atoms with Crippen molar-refractivity contribution in [2.45, 2.75) is 44.1 Å². The van der Waals surface area contributed by atoms with E-state index in [2.05, 4.69) is 22.5 Å². The van der Waals surface area contributed by atoms with Crippen molar-refractivity contribution in [2.24, 2.45) is 5.92 Å². The Bertz CT molecular complexity index is 577. The molecular weight excluding hydrogens is 334 g/mol. The summed E-state index contributed by atoms with van der Waals surface area (Å²) in [5, 5.41) is 25.7. The second-order valence-corrected chi connectivity index (χ2v) is 7.30. The fraction of sp³-hybridized carbons (Fsp3) is 0.632. The van der Waals surface area contributed by atoms with Gasteiger partial charge in [0.25, 0.3) is 0 Å². The smallest absolute Gasteiger partial charge is 0.319 e. The molecule has 2 aliphatic heterocycles. The van der Waals surface area contributed by atoms with Crippen LogP contribution in [-0.4, -0.2) is 71.7 Å². The Labute approximate surface area is 154 Å². The van der Waals surface area contributed by atoms with E-state index in [-0.39, 0.29) is 31.3 Å². The molecule has 2 saturated heterocycles. The number of likely N-dealkylation sites (tertiary alicyclic amines) is 1. The molecule has 7 heteroatoms. The lowest BCUT2D eigenvalue weighted by Crippen LogP contribution is -2.53. The van der Waals surface area contributed by atoms with E-state index in [1.807, 2.05) is 30.3 Å². The Hall–Kier alpha value is -1.67. The van der Waals surface area contributed by atoms with Crippen molar-refractivity contribution in [2.75, 3.05) is 31.6 Å². The summed E-state index contributed by atoms with van der Waals surface area (Å²) in [7, 11) is 0. The molecule has 1 aromatic rings. The molecule has 0 spiro atoms. The lowest BCUT2D eigenvalue weighted by Gasteiger charge is -2.38. The van der Waals surface area contributed by atoms with Gasteiger partial charge in [-0.1, -0.05) is 25.1 Å². The normalized spacial score (nSPS) is 30.3. The number of piperidine rings is 1. The standard InChI is InChI=1S/C19H29N3O4/c1-13-7-9-22(10-8-13)17-15(26-16(12-23)18(17)24)11-20-19(25)21-14-5-3-2-4-6-14/h2-6,13,15-18,23-24H,7-12H2,1H3,(H2,20,21,25)/t15-,16+,17-,18-/m1/s1. The van der Waals surface area contributed by atoms with E-state index in [0.717, 1.165) is 25.9 Å². The number of nitrogens with zero attached hydrogens (tertiary/aromatic N) is 1. The number of urea groups is 1. The summed E-state index contributed by atoms with van der Waals surface area (Å²) in [6, 6.07) is 8.69. The van der Waals surface area contributed by atoms with Gasteiger partial charge in [0.15, 0.2) is 0 Å². The van der Waals surface area contributed by atoms with Crippen LogP contribution in [0.4, 0.5) is 10.5 Å². The summed E-state index contributed by atoms with van der Waals surface area (Å²) in [5.74, 6) is 0.688. The monoisotopic (exact) mass is 363 g/mol. The fourth-order valence-corrected chi connectivity index (χ4v) is 3.81. The molecule has 0 aromatic heterocycles. The third-order valence-corrected chi connectivity index (χ3v) is 5.38. The molecule has 7 nitrogen and oxygen atoms in total. The van der Waals surface area contributed by atoms with Crippen molar-refractivity contribution < 1.29 is 19.7 Å². The van der Waals surface area contributed by atoms with Crippen LogP contribution >= 0.6 is 0 Å². The first-order valence-electron chi connectivity index (χ1n) is 9.37. The molecule has 2 amide bonds. The van der Waals surface area contributed by atoms with Gasteiger partial charge in [-0.15, -0.1) is 0 Å². The number of hydrogen-bond acceptors (Lipinski definition) is 5. The predicted octanol–water partition coefficient (Wildman–Crippen LogP) is 1.03. The second-order valence-electron chi connectivity index (χ2n) is 7.30. The minimum absolute atomic E-state index is 0.211. The van der Waals surface area contributed by atoms with Crippen LogP contribution in [0.5, 0.6) is 0 Å². The maximum Gasteiger partial charge on any atom is 0.319 e. The molecule has 0 unspecified atom stereocenters. The number of para-hydroxylation sites is 1. The third-order valence-electron chi connectivity index (χ3n) is 5.38. The average Bonchev–Trinajstić information content (AvgIpc) is 2.97. The molecular formula is C19H29N3O4. The van der Waals surface area contributed by atoms with Crippen molar-refractivity contribution in [1.82, 2.24) is 10.2 Å².